The molecule has 0 spiro atoms. The Balaban J connectivity index is 2.11. The molecule has 0 radical (unpaired) electrons. The van der Waals surface area contributed by atoms with Gasteiger partial charge in [-0.25, -0.2) is 0 Å². The molecule has 1 aromatic carbocycles. The summed E-state index contributed by atoms with van der Waals surface area (Å²) in [4.78, 5) is 0. The predicted octanol–water partition coefficient (Wildman–Crippen LogP) is 3.57. The van der Waals surface area contributed by atoms with Crippen molar-refractivity contribution in [2.75, 3.05) is 19.1 Å². The third-order valence-corrected chi connectivity index (χ3v) is 3.92. The van der Waals surface area contributed by atoms with Crippen molar-refractivity contribution in [1.29, 1.82) is 0 Å². The Labute approximate surface area is 103 Å². The molecule has 0 bridgehead atoms. The van der Waals surface area contributed by atoms with Gasteiger partial charge in [0.15, 0.2) is 0 Å². The summed E-state index contributed by atoms with van der Waals surface area (Å²) in [7, 11) is 0. The number of aryl methyl sites for hydroxylation is 1. The van der Waals surface area contributed by atoms with Crippen LogP contribution in [0.25, 0.3) is 0 Å². The summed E-state index contributed by atoms with van der Waals surface area (Å²) in [6.45, 7) is 3.84. The van der Waals surface area contributed by atoms with E-state index in [1.165, 1.54) is 17.5 Å². The number of hydrogen-bond donors (Lipinski definition) is 0. The fourth-order valence-corrected chi connectivity index (χ4v) is 2.76. The van der Waals surface area contributed by atoms with Gasteiger partial charge in [-0.3, -0.25) is 0 Å². The molecular formula is C14H19ClO. The van der Waals surface area contributed by atoms with Gasteiger partial charge >= 0.3 is 0 Å². The van der Waals surface area contributed by atoms with E-state index in [0.29, 0.717) is 5.88 Å². The maximum absolute atomic E-state index is 6.15. The Bertz CT molecular complexity index is 342. The summed E-state index contributed by atoms with van der Waals surface area (Å²) in [6, 6.07) is 8.70. The first kappa shape index (κ1) is 11.9. The lowest BCUT2D eigenvalue weighted by Gasteiger charge is -2.35. The molecule has 1 atom stereocenters. The molecule has 1 nitrogen and oxygen atoms in total. The van der Waals surface area contributed by atoms with Crippen LogP contribution >= 0.6 is 11.6 Å². The Morgan fingerprint density at radius 1 is 1.44 bits per heavy atom. The van der Waals surface area contributed by atoms with Gasteiger partial charge in [-0.1, -0.05) is 29.8 Å². The second-order valence-electron chi connectivity index (χ2n) is 4.96. The fourth-order valence-electron chi connectivity index (χ4n) is 2.46. The smallest absolute Gasteiger partial charge is 0.0537 e. The molecule has 1 fully saturated rings. The minimum Gasteiger partial charge on any atom is -0.381 e. The van der Waals surface area contributed by atoms with Crippen LogP contribution in [0, 0.1) is 12.3 Å². The SMILES string of the molecule is Cc1cccc(CC2(CCl)CCCOC2)c1. The Morgan fingerprint density at radius 3 is 2.94 bits per heavy atom. The van der Waals surface area contributed by atoms with Gasteiger partial charge in [0, 0.05) is 17.9 Å². The zero-order valence-corrected chi connectivity index (χ0v) is 10.6. The largest absolute Gasteiger partial charge is 0.381 e. The number of rotatable bonds is 3. The highest BCUT2D eigenvalue weighted by molar-refractivity contribution is 6.18. The molecule has 2 rings (SSSR count). The molecule has 0 saturated carbocycles. The standard InChI is InChI=1S/C14H19ClO/c1-12-4-2-5-13(8-12)9-14(10-15)6-3-7-16-11-14/h2,4-5,8H,3,6-7,9-11H2,1H3. The van der Waals surface area contributed by atoms with E-state index in [9.17, 15) is 0 Å². The Hall–Kier alpha value is -0.530. The van der Waals surface area contributed by atoms with Crippen LogP contribution in [0.15, 0.2) is 24.3 Å². The predicted molar refractivity (Wildman–Crippen MR) is 68.1 cm³/mol. The number of benzene rings is 1. The van der Waals surface area contributed by atoms with Crippen molar-refractivity contribution in [1.82, 2.24) is 0 Å². The average molecular weight is 239 g/mol. The molecule has 0 aliphatic carbocycles. The lowest BCUT2D eigenvalue weighted by molar-refractivity contribution is 0.00477. The van der Waals surface area contributed by atoms with E-state index in [1.54, 1.807) is 0 Å². The van der Waals surface area contributed by atoms with Crippen molar-refractivity contribution in [2.45, 2.75) is 26.2 Å². The summed E-state index contributed by atoms with van der Waals surface area (Å²) < 4.78 is 5.59. The van der Waals surface area contributed by atoms with Gasteiger partial charge in [0.25, 0.3) is 0 Å². The molecule has 0 amide bonds. The van der Waals surface area contributed by atoms with E-state index >= 15 is 0 Å². The van der Waals surface area contributed by atoms with E-state index in [4.69, 9.17) is 16.3 Å². The highest BCUT2D eigenvalue weighted by Crippen LogP contribution is 2.33. The molecule has 0 N–H and O–H groups in total. The van der Waals surface area contributed by atoms with Gasteiger partial charge in [-0.15, -0.1) is 11.6 Å². The van der Waals surface area contributed by atoms with Gasteiger partial charge in [-0.2, -0.15) is 0 Å². The van der Waals surface area contributed by atoms with Crippen molar-refractivity contribution in [3.63, 3.8) is 0 Å². The molecule has 1 aromatic rings. The normalized spacial score (nSPS) is 25.6. The number of hydrogen-bond acceptors (Lipinski definition) is 1. The van der Waals surface area contributed by atoms with Gasteiger partial charge in [0.1, 0.15) is 0 Å². The molecule has 88 valence electrons. The van der Waals surface area contributed by atoms with E-state index < -0.39 is 0 Å². The van der Waals surface area contributed by atoms with Gasteiger partial charge in [-0.05, 0) is 31.7 Å². The lowest BCUT2D eigenvalue weighted by Crippen LogP contribution is -2.35. The van der Waals surface area contributed by atoms with E-state index in [2.05, 4.69) is 31.2 Å². The maximum atomic E-state index is 6.15. The van der Waals surface area contributed by atoms with Crippen molar-refractivity contribution in [2.24, 2.45) is 5.41 Å². The summed E-state index contributed by atoms with van der Waals surface area (Å²) in [5, 5.41) is 0. The van der Waals surface area contributed by atoms with Gasteiger partial charge in [0.2, 0.25) is 0 Å². The zero-order valence-electron chi connectivity index (χ0n) is 9.84. The van der Waals surface area contributed by atoms with Crippen molar-refractivity contribution < 1.29 is 4.74 Å². The van der Waals surface area contributed by atoms with Crippen LogP contribution in [0.4, 0.5) is 0 Å². The second-order valence-corrected chi connectivity index (χ2v) is 5.22. The molecule has 1 saturated heterocycles. The molecule has 0 aromatic heterocycles. The average Bonchev–Trinajstić information content (AvgIpc) is 2.30. The lowest BCUT2D eigenvalue weighted by atomic mass is 9.79. The molecular weight excluding hydrogens is 220 g/mol. The second kappa shape index (κ2) is 5.20. The molecule has 1 aliphatic rings. The topological polar surface area (TPSA) is 9.23 Å². The molecule has 1 unspecified atom stereocenters. The third-order valence-electron chi connectivity index (χ3n) is 3.35. The summed E-state index contributed by atoms with van der Waals surface area (Å²) in [5.74, 6) is 0.695. The minimum atomic E-state index is 0.160. The number of alkyl halides is 1. The Morgan fingerprint density at radius 2 is 2.31 bits per heavy atom. The van der Waals surface area contributed by atoms with Crippen molar-refractivity contribution >= 4 is 11.6 Å². The molecule has 16 heavy (non-hydrogen) atoms. The zero-order chi connectivity index (χ0) is 11.4. The highest BCUT2D eigenvalue weighted by atomic mass is 35.5. The third kappa shape index (κ3) is 2.78. The van der Waals surface area contributed by atoms with Crippen LogP contribution in [0.3, 0.4) is 0 Å². The number of halogens is 1. The summed E-state index contributed by atoms with van der Waals surface area (Å²) >= 11 is 6.15. The van der Waals surface area contributed by atoms with Gasteiger partial charge < -0.3 is 4.74 Å². The van der Waals surface area contributed by atoms with Crippen LogP contribution in [0.1, 0.15) is 24.0 Å². The van der Waals surface area contributed by atoms with E-state index in [0.717, 1.165) is 26.1 Å². The van der Waals surface area contributed by atoms with Crippen molar-refractivity contribution in [3.8, 4) is 0 Å². The first-order valence-electron chi connectivity index (χ1n) is 5.93. The molecule has 1 heterocycles. The Kier molecular flexibility index (Phi) is 3.88. The van der Waals surface area contributed by atoms with Crippen LogP contribution in [-0.4, -0.2) is 19.1 Å². The van der Waals surface area contributed by atoms with E-state index in [1.807, 2.05) is 0 Å². The van der Waals surface area contributed by atoms with Crippen LogP contribution < -0.4 is 0 Å². The van der Waals surface area contributed by atoms with Crippen LogP contribution in [-0.2, 0) is 11.2 Å². The fraction of sp³-hybridized carbons (Fsp3) is 0.571. The summed E-state index contributed by atoms with van der Waals surface area (Å²) in [6.07, 6.45) is 3.36. The number of ether oxygens (including phenoxy) is 1. The molecule has 2 heteroatoms. The van der Waals surface area contributed by atoms with Crippen LogP contribution in [0.2, 0.25) is 0 Å². The highest BCUT2D eigenvalue weighted by Gasteiger charge is 2.32. The van der Waals surface area contributed by atoms with E-state index in [-0.39, 0.29) is 5.41 Å². The molecule has 1 aliphatic heterocycles. The van der Waals surface area contributed by atoms with Gasteiger partial charge in [0.05, 0.1) is 6.61 Å². The van der Waals surface area contributed by atoms with Crippen molar-refractivity contribution in [3.05, 3.63) is 35.4 Å². The van der Waals surface area contributed by atoms with Crippen LogP contribution in [0.5, 0.6) is 0 Å². The first-order valence-corrected chi connectivity index (χ1v) is 6.47. The monoisotopic (exact) mass is 238 g/mol. The first-order chi connectivity index (χ1) is 7.74. The maximum Gasteiger partial charge on any atom is 0.0537 e. The summed E-state index contributed by atoms with van der Waals surface area (Å²) in [5.41, 5.74) is 2.86. The quantitative estimate of drug-likeness (QED) is 0.732. The minimum absolute atomic E-state index is 0.160.